The van der Waals surface area contributed by atoms with E-state index in [9.17, 15) is 0 Å². The number of alkyl halides is 1. The van der Waals surface area contributed by atoms with Crippen LogP contribution in [-0.4, -0.2) is 40.9 Å². The molecule has 0 radical (unpaired) electrons. The van der Waals surface area contributed by atoms with Crippen LogP contribution >= 0.6 is 22.6 Å². The minimum Gasteiger partial charge on any atom is -0.348 e. The summed E-state index contributed by atoms with van der Waals surface area (Å²) < 4.78 is 24.1. The monoisotopic (exact) mass is 342 g/mol. The summed E-state index contributed by atoms with van der Waals surface area (Å²) in [5.41, 5.74) is 0. The van der Waals surface area contributed by atoms with Crippen LogP contribution in [0.2, 0.25) is 0 Å². The molecule has 0 saturated carbocycles. The maximum Gasteiger partial charge on any atom is 0.163 e. The largest absolute Gasteiger partial charge is 0.348 e. The highest BCUT2D eigenvalue weighted by Gasteiger charge is 2.48. The summed E-state index contributed by atoms with van der Waals surface area (Å²) in [7, 11) is 0. The normalized spacial score (nSPS) is 41.4. The fraction of sp³-hybridized carbons (Fsp3) is 1.00. The SMILES string of the molecule is CC1(C)OC[C@H]2OC(C)(C)O[C@@H](CI)[C@@H]2O1. The molecule has 0 spiro atoms. The third-order valence-electron chi connectivity index (χ3n) is 2.77. The number of ether oxygens (including phenoxy) is 4. The van der Waals surface area contributed by atoms with Gasteiger partial charge in [-0.25, -0.2) is 0 Å². The van der Waals surface area contributed by atoms with Crippen LogP contribution in [0.15, 0.2) is 0 Å². The molecule has 2 aliphatic rings. The molecule has 0 aromatic carbocycles. The molecule has 0 aromatic rings. The molecule has 5 heteroatoms. The Bertz CT molecular complexity index is 257. The number of rotatable bonds is 1. The third-order valence-corrected chi connectivity index (χ3v) is 3.64. The summed E-state index contributed by atoms with van der Waals surface area (Å²) in [4.78, 5) is 0. The van der Waals surface area contributed by atoms with Crippen LogP contribution in [0.5, 0.6) is 0 Å². The fourth-order valence-electron chi connectivity index (χ4n) is 2.17. The van der Waals surface area contributed by atoms with Gasteiger partial charge >= 0.3 is 0 Å². The Morgan fingerprint density at radius 3 is 2.38 bits per heavy atom. The van der Waals surface area contributed by atoms with E-state index in [0.29, 0.717) is 6.61 Å². The van der Waals surface area contributed by atoms with Crippen molar-refractivity contribution in [1.82, 2.24) is 0 Å². The van der Waals surface area contributed by atoms with Crippen molar-refractivity contribution in [3.05, 3.63) is 0 Å². The van der Waals surface area contributed by atoms with Crippen molar-refractivity contribution in [3.8, 4) is 0 Å². The lowest BCUT2D eigenvalue weighted by molar-refractivity contribution is -0.402. The van der Waals surface area contributed by atoms with E-state index in [0.717, 1.165) is 4.43 Å². The topological polar surface area (TPSA) is 36.9 Å². The molecule has 0 N–H and O–H groups in total. The summed E-state index contributed by atoms with van der Waals surface area (Å²) in [5, 5.41) is 0. The number of halogens is 1. The highest BCUT2D eigenvalue weighted by Crippen LogP contribution is 2.35. The lowest BCUT2D eigenvalue weighted by Gasteiger charge is -2.50. The van der Waals surface area contributed by atoms with Gasteiger partial charge in [-0.3, -0.25) is 0 Å². The first-order valence-corrected chi connectivity index (χ1v) is 7.09. The van der Waals surface area contributed by atoms with Crippen molar-refractivity contribution in [2.24, 2.45) is 0 Å². The summed E-state index contributed by atoms with van der Waals surface area (Å²) in [6, 6.07) is 0. The first kappa shape index (κ1) is 13.0. The summed E-state index contributed by atoms with van der Waals surface area (Å²) in [6.07, 6.45) is 0.00254. The maximum absolute atomic E-state index is 5.90. The van der Waals surface area contributed by atoms with E-state index in [-0.39, 0.29) is 18.3 Å². The average Bonchev–Trinajstić information content (AvgIpc) is 2.16. The van der Waals surface area contributed by atoms with E-state index >= 15 is 0 Å². The minimum absolute atomic E-state index is 0.0310. The second-order valence-electron chi connectivity index (χ2n) is 5.16. The van der Waals surface area contributed by atoms with E-state index in [1.807, 2.05) is 27.7 Å². The first-order valence-electron chi connectivity index (χ1n) is 5.56. The van der Waals surface area contributed by atoms with Gasteiger partial charge in [0.2, 0.25) is 0 Å². The molecule has 2 rings (SSSR count). The van der Waals surface area contributed by atoms with Gasteiger partial charge in [-0.15, -0.1) is 0 Å². The minimum atomic E-state index is -0.550. The molecule has 0 unspecified atom stereocenters. The van der Waals surface area contributed by atoms with Gasteiger partial charge < -0.3 is 18.9 Å². The lowest BCUT2D eigenvalue weighted by Crippen LogP contribution is -2.62. The lowest BCUT2D eigenvalue weighted by atomic mass is 10.0. The zero-order chi connectivity index (χ0) is 12.0. The average molecular weight is 342 g/mol. The summed E-state index contributed by atoms with van der Waals surface area (Å²) in [6.45, 7) is 8.28. The summed E-state index contributed by atoms with van der Waals surface area (Å²) in [5.74, 6) is -1.09. The Balaban J connectivity index is 2.14. The molecule has 0 amide bonds. The predicted octanol–water partition coefficient (Wildman–Crippen LogP) is 2.09. The molecule has 2 fully saturated rings. The molecular formula is C11H19IO4. The molecule has 2 saturated heterocycles. The quantitative estimate of drug-likeness (QED) is 0.540. The highest BCUT2D eigenvalue weighted by molar-refractivity contribution is 14.1. The molecule has 2 aliphatic heterocycles. The molecule has 16 heavy (non-hydrogen) atoms. The Labute approximate surface area is 110 Å². The van der Waals surface area contributed by atoms with Gasteiger partial charge in [0.25, 0.3) is 0 Å². The van der Waals surface area contributed by atoms with Gasteiger partial charge in [0.15, 0.2) is 11.6 Å². The molecule has 3 atom stereocenters. The van der Waals surface area contributed by atoms with Gasteiger partial charge in [-0.1, -0.05) is 22.6 Å². The van der Waals surface area contributed by atoms with Gasteiger partial charge in [-0.2, -0.15) is 0 Å². The van der Waals surface area contributed by atoms with Crippen molar-refractivity contribution in [1.29, 1.82) is 0 Å². The van der Waals surface area contributed by atoms with Crippen LogP contribution in [0.1, 0.15) is 27.7 Å². The second kappa shape index (κ2) is 4.35. The Kier molecular flexibility index (Phi) is 3.54. The van der Waals surface area contributed by atoms with E-state index in [1.54, 1.807) is 0 Å². The Hall–Kier alpha value is 0.570. The fourth-order valence-corrected chi connectivity index (χ4v) is 2.86. The Morgan fingerprint density at radius 1 is 1.06 bits per heavy atom. The van der Waals surface area contributed by atoms with Gasteiger partial charge in [-0.05, 0) is 27.7 Å². The number of hydrogen-bond acceptors (Lipinski definition) is 4. The number of fused-ring (bicyclic) bond motifs is 1. The molecule has 0 bridgehead atoms. The first-order chi connectivity index (χ1) is 7.33. The Morgan fingerprint density at radius 2 is 1.75 bits per heavy atom. The summed E-state index contributed by atoms with van der Waals surface area (Å²) >= 11 is 2.32. The molecular weight excluding hydrogens is 323 g/mol. The molecule has 0 aliphatic carbocycles. The van der Waals surface area contributed by atoms with Crippen molar-refractivity contribution in [3.63, 3.8) is 0 Å². The van der Waals surface area contributed by atoms with Gasteiger partial charge in [0.1, 0.15) is 12.2 Å². The zero-order valence-corrected chi connectivity index (χ0v) is 12.3. The van der Waals surface area contributed by atoms with Crippen LogP contribution in [0.4, 0.5) is 0 Å². The van der Waals surface area contributed by atoms with Crippen LogP contribution < -0.4 is 0 Å². The van der Waals surface area contributed by atoms with Crippen molar-refractivity contribution >= 4 is 22.6 Å². The van der Waals surface area contributed by atoms with Crippen LogP contribution in [-0.2, 0) is 18.9 Å². The van der Waals surface area contributed by atoms with Crippen LogP contribution in [0.3, 0.4) is 0 Å². The zero-order valence-electron chi connectivity index (χ0n) is 10.2. The third kappa shape index (κ3) is 2.69. The molecule has 4 nitrogen and oxygen atoms in total. The van der Waals surface area contributed by atoms with Crippen molar-refractivity contribution < 1.29 is 18.9 Å². The standard InChI is InChI=1S/C11H19IO4/c1-10(2)13-6-8-9(16-10)7(5-12)14-11(3,4)15-8/h7-9H,5-6H2,1-4H3/t7-,8+,9-/m0/s1. The number of hydrogen-bond donors (Lipinski definition) is 0. The van der Waals surface area contributed by atoms with Crippen LogP contribution in [0, 0.1) is 0 Å². The van der Waals surface area contributed by atoms with Crippen molar-refractivity contribution in [2.75, 3.05) is 11.0 Å². The van der Waals surface area contributed by atoms with Crippen LogP contribution in [0.25, 0.3) is 0 Å². The van der Waals surface area contributed by atoms with Crippen molar-refractivity contribution in [2.45, 2.75) is 57.6 Å². The molecule has 2 heterocycles. The second-order valence-corrected chi connectivity index (χ2v) is 6.04. The smallest absolute Gasteiger partial charge is 0.163 e. The van der Waals surface area contributed by atoms with E-state index in [2.05, 4.69) is 22.6 Å². The van der Waals surface area contributed by atoms with E-state index in [4.69, 9.17) is 18.9 Å². The highest BCUT2D eigenvalue weighted by atomic mass is 127. The van der Waals surface area contributed by atoms with Gasteiger partial charge in [0, 0.05) is 4.43 Å². The van der Waals surface area contributed by atoms with E-state index in [1.165, 1.54) is 0 Å². The van der Waals surface area contributed by atoms with Gasteiger partial charge in [0.05, 0.1) is 12.7 Å². The maximum atomic E-state index is 5.90. The predicted molar refractivity (Wildman–Crippen MR) is 67.6 cm³/mol. The molecule has 0 aromatic heterocycles. The van der Waals surface area contributed by atoms with E-state index < -0.39 is 11.6 Å². The molecule has 94 valence electrons.